The Morgan fingerprint density at radius 3 is 2.26 bits per heavy atom. The van der Waals surface area contributed by atoms with Gasteiger partial charge in [-0.3, -0.25) is 4.79 Å². The zero-order chi connectivity index (χ0) is 22.3. The van der Waals surface area contributed by atoms with Gasteiger partial charge in [-0.05, 0) is 36.1 Å². The first-order chi connectivity index (χ1) is 14.9. The highest BCUT2D eigenvalue weighted by Gasteiger charge is 2.27. The molecule has 1 saturated heterocycles. The van der Waals surface area contributed by atoms with Crippen molar-refractivity contribution in [3.8, 4) is 0 Å². The minimum Gasteiger partial charge on any atom is -0.453 e. The van der Waals surface area contributed by atoms with Crippen LogP contribution in [0.15, 0.2) is 59.5 Å². The van der Waals surface area contributed by atoms with Crippen LogP contribution in [0.3, 0.4) is 0 Å². The topological polar surface area (TPSA) is 105 Å². The van der Waals surface area contributed by atoms with E-state index in [0.717, 1.165) is 24.0 Å². The fourth-order valence-corrected chi connectivity index (χ4v) is 4.95. The number of carbonyl (C=O) groups is 2. The van der Waals surface area contributed by atoms with Crippen molar-refractivity contribution in [3.05, 3.63) is 65.7 Å². The van der Waals surface area contributed by atoms with Gasteiger partial charge in [0.05, 0.1) is 12.0 Å². The lowest BCUT2D eigenvalue weighted by atomic mass is 10.1. The van der Waals surface area contributed by atoms with Crippen molar-refractivity contribution < 1.29 is 22.7 Å². The average molecular weight is 446 g/mol. The number of hydrogen-bond acceptors (Lipinski definition) is 5. The predicted molar refractivity (Wildman–Crippen MR) is 116 cm³/mol. The summed E-state index contributed by atoms with van der Waals surface area (Å²) in [7, 11) is -2.23. The Bertz CT molecular complexity index is 988. The molecule has 31 heavy (non-hydrogen) atoms. The zero-order valence-electron chi connectivity index (χ0n) is 17.4. The number of benzene rings is 2. The fourth-order valence-electron chi connectivity index (χ4n) is 3.43. The van der Waals surface area contributed by atoms with Crippen molar-refractivity contribution in [2.75, 3.05) is 20.2 Å². The Morgan fingerprint density at radius 2 is 1.65 bits per heavy atom. The summed E-state index contributed by atoms with van der Waals surface area (Å²) in [5, 5.41) is 5.35. The van der Waals surface area contributed by atoms with E-state index in [4.69, 9.17) is 0 Å². The molecule has 1 fully saturated rings. The van der Waals surface area contributed by atoms with Gasteiger partial charge in [0, 0.05) is 26.1 Å². The summed E-state index contributed by atoms with van der Waals surface area (Å²) >= 11 is 0. The number of methoxy groups -OCH3 is 1. The van der Waals surface area contributed by atoms with Crippen molar-refractivity contribution in [2.24, 2.45) is 0 Å². The molecular weight excluding hydrogens is 418 g/mol. The second-order valence-electron chi connectivity index (χ2n) is 7.35. The summed E-state index contributed by atoms with van der Waals surface area (Å²) in [6.45, 7) is 1.31. The summed E-state index contributed by atoms with van der Waals surface area (Å²) in [5.74, 6) is -0.358. The van der Waals surface area contributed by atoms with Gasteiger partial charge in [0.25, 0.3) is 0 Å². The Balaban J connectivity index is 1.62. The van der Waals surface area contributed by atoms with Gasteiger partial charge in [-0.25, -0.2) is 13.2 Å². The highest BCUT2D eigenvalue weighted by molar-refractivity contribution is 7.89. The average Bonchev–Trinajstić information content (AvgIpc) is 3.34. The van der Waals surface area contributed by atoms with E-state index in [9.17, 15) is 18.0 Å². The maximum Gasteiger partial charge on any atom is 0.407 e. The van der Waals surface area contributed by atoms with Gasteiger partial charge in [-0.1, -0.05) is 42.5 Å². The van der Waals surface area contributed by atoms with Crippen molar-refractivity contribution in [1.82, 2.24) is 14.9 Å². The largest absolute Gasteiger partial charge is 0.453 e. The van der Waals surface area contributed by atoms with Gasteiger partial charge in [0.15, 0.2) is 0 Å². The minimum absolute atomic E-state index is 0.205. The van der Waals surface area contributed by atoms with Gasteiger partial charge >= 0.3 is 6.09 Å². The number of carbonyl (C=O) groups excluding carboxylic acids is 2. The third-order valence-corrected chi connectivity index (χ3v) is 7.08. The lowest BCUT2D eigenvalue weighted by molar-refractivity contribution is -0.123. The van der Waals surface area contributed by atoms with Crippen LogP contribution in [0.4, 0.5) is 4.79 Å². The Hall–Kier alpha value is -2.91. The molecule has 8 nitrogen and oxygen atoms in total. The van der Waals surface area contributed by atoms with E-state index < -0.39 is 22.2 Å². The summed E-state index contributed by atoms with van der Waals surface area (Å²) in [6.07, 6.45) is 1.39. The number of hydrogen-bond donors (Lipinski definition) is 2. The molecule has 2 N–H and O–H groups in total. The molecule has 166 valence electrons. The first-order valence-corrected chi connectivity index (χ1v) is 11.6. The van der Waals surface area contributed by atoms with Crippen LogP contribution in [0, 0.1) is 0 Å². The molecule has 1 unspecified atom stereocenters. The van der Waals surface area contributed by atoms with Crippen LogP contribution in [0.2, 0.25) is 0 Å². The highest BCUT2D eigenvalue weighted by atomic mass is 32.2. The summed E-state index contributed by atoms with van der Waals surface area (Å²) in [4.78, 5) is 24.6. The lowest BCUT2D eigenvalue weighted by Gasteiger charge is -2.18. The normalized spacial score (nSPS) is 15.3. The number of nitrogens with zero attached hydrogens (tertiary/aromatic N) is 1. The molecule has 1 atom stereocenters. The van der Waals surface area contributed by atoms with Crippen LogP contribution < -0.4 is 10.6 Å². The number of rotatable bonds is 8. The summed E-state index contributed by atoms with van der Waals surface area (Å²) in [5.41, 5.74) is 1.65. The number of sulfonamides is 1. The Kier molecular flexibility index (Phi) is 7.64. The third-order valence-electron chi connectivity index (χ3n) is 5.17. The van der Waals surface area contributed by atoms with Crippen LogP contribution in [-0.4, -0.2) is 51.0 Å². The van der Waals surface area contributed by atoms with Gasteiger partial charge in [0.2, 0.25) is 15.9 Å². The third kappa shape index (κ3) is 6.05. The Labute approximate surface area is 182 Å². The van der Waals surface area contributed by atoms with E-state index in [1.54, 1.807) is 24.3 Å². The SMILES string of the molecule is COC(=O)NC(Cc1ccccc1)C(=O)NCc1ccc(S(=O)(=O)N2CCCC2)cc1. The van der Waals surface area contributed by atoms with Gasteiger partial charge in [-0.15, -0.1) is 0 Å². The van der Waals surface area contributed by atoms with E-state index in [2.05, 4.69) is 15.4 Å². The molecule has 3 rings (SSSR count). The van der Waals surface area contributed by atoms with Gasteiger partial charge < -0.3 is 15.4 Å². The van der Waals surface area contributed by atoms with Crippen LogP contribution in [-0.2, 0) is 32.5 Å². The first kappa shape index (κ1) is 22.8. The first-order valence-electron chi connectivity index (χ1n) is 10.2. The zero-order valence-corrected chi connectivity index (χ0v) is 18.2. The summed E-state index contributed by atoms with van der Waals surface area (Å²) < 4.78 is 31.3. The summed E-state index contributed by atoms with van der Waals surface area (Å²) in [6, 6.07) is 15.0. The van der Waals surface area contributed by atoms with Crippen LogP contribution in [0.25, 0.3) is 0 Å². The lowest BCUT2D eigenvalue weighted by Crippen LogP contribution is -2.47. The smallest absolute Gasteiger partial charge is 0.407 e. The molecule has 1 aliphatic heterocycles. The monoisotopic (exact) mass is 445 g/mol. The van der Waals surface area contributed by atoms with Crippen LogP contribution >= 0.6 is 0 Å². The van der Waals surface area contributed by atoms with E-state index in [0.29, 0.717) is 19.5 Å². The van der Waals surface area contributed by atoms with E-state index in [1.165, 1.54) is 11.4 Å². The molecule has 9 heteroatoms. The molecule has 0 aromatic heterocycles. The molecule has 1 aliphatic rings. The molecule has 2 aromatic rings. The maximum absolute atomic E-state index is 12.7. The van der Waals surface area contributed by atoms with Crippen LogP contribution in [0.5, 0.6) is 0 Å². The van der Waals surface area contributed by atoms with Crippen molar-refractivity contribution in [1.29, 1.82) is 0 Å². The molecule has 0 aliphatic carbocycles. The van der Waals surface area contributed by atoms with Crippen molar-refractivity contribution >= 4 is 22.0 Å². The molecule has 2 aromatic carbocycles. The Morgan fingerprint density at radius 1 is 1.00 bits per heavy atom. The molecule has 0 saturated carbocycles. The van der Waals surface area contributed by atoms with E-state index in [-0.39, 0.29) is 17.3 Å². The van der Waals surface area contributed by atoms with E-state index >= 15 is 0 Å². The van der Waals surface area contributed by atoms with E-state index in [1.807, 2.05) is 30.3 Å². The quantitative estimate of drug-likeness (QED) is 0.647. The second-order valence-corrected chi connectivity index (χ2v) is 9.29. The standard InChI is InChI=1S/C22H27N3O5S/c1-30-22(27)24-20(15-17-7-3-2-4-8-17)21(26)23-16-18-9-11-19(12-10-18)31(28,29)25-13-5-6-14-25/h2-4,7-12,20H,5-6,13-16H2,1H3,(H,23,26)(H,24,27). The predicted octanol–water partition coefficient (Wildman–Crippen LogP) is 2.05. The van der Waals surface area contributed by atoms with Gasteiger partial charge in [-0.2, -0.15) is 4.31 Å². The second kappa shape index (κ2) is 10.4. The van der Waals surface area contributed by atoms with Crippen LogP contribution in [0.1, 0.15) is 24.0 Å². The molecule has 0 bridgehead atoms. The molecule has 1 heterocycles. The van der Waals surface area contributed by atoms with Crippen molar-refractivity contribution in [2.45, 2.75) is 36.7 Å². The highest BCUT2D eigenvalue weighted by Crippen LogP contribution is 2.21. The number of ether oxygens (including phenoxy) is 1. The maximum atomic E-state index is 12.7. The van der Waals surface area contributed by atoms with Crippen molar-refractivity contribution in [3.63, 3.8) is 0 Å². The number of nitrogens with one attached hydrogen (secondary N) is 2. The molecule has 0 radical (unpaired) electrons. The molecular formula is C22H27N3O5S. The fraction of sp³-hybridized carbons (Fsp3) is 0.364. The number of alkyl carbamates (subject to hydrolysis) is 1. The molecule has 0 spiro atoms. The minimum atomic E-state index is -3.47. The number of amides is 2. The van der Waals surface area contributed by atoms with Gasteiger partial charge in [0.1, 0.15) is 6.04 Å². The molecule has 2 amide bonds.